The molecule has 0 saturated carbocycles. The number of ether oxygens (including phenoxy) is 1. The average Bonchev–Trinajstić information content (AvgIpc) is 2.66. The summed E-state index contributed by atoms with van der Waals surface area (Å²) in [5.41, 5.74) is 1.18. The maximum atomic E-state index is 12.3. The summed E-state index contributed by atoms with van der Waals surface area (Å²) >= 11 is 0. The van der Waals surface area contributed by atoms with Crippen molar-refractivity contribution >= 4 is 17.5 Å². The smallest absolute Gasteiger partial charge is 0.387 e. The number of rotatable bonds is 6. The highest BCUT2D eigenvalue weighted by molar-refractivity contribution is 5.89. The molecule has 1 aromatic carbocycles. The van der Waals surface area contributed by atoms with Gasteiger partial charge in [-0.3, -0.25) is 0 Å². The first kappa shape index (κ1) is 19.8. The fourth-order valence-corrected chi connectivity index (χ4v) is 3.06. The second-order valence-electron chi connectivity index (χ2n) is 6.55. The Bertz CT molecular complexity index is 813. The predicted molar refractivity (Wildman–Crippen MR) is 102 cm³/mol. The molecule has 2 amide bonds. The summed E-state index contributed by atoms with van der Waals surface area (Å²) in [7, 11) is 0. The zero-order valence-electron chi connectivity index (χ0n) is 15.6. The van der Waals surface area contributed by atoms with E-state index >= 15 is 0 Å². The van der Waals surface area contributed by atoms with Crippen molar-refractivity contribution in [3.05, 3.63) is 41.9 Å². The number of carbonyl (C=O) groups excluding carboxylic acids is 1. The lowest BCUT2D eigenvalue weighted by Gasteiger charge is -2.28. The van der Waals surface area contributed by atoms with Crippen LogP contribution >= 0.6 is 0 Å². The molecule has 3 rings (SSSR count). The van der Waals surface area contributed by atoms with Crippen LogP contribution in [0.3, 0.4) is 0 Å². The first-order valence-corrected chi connectivity index (χ1v) is 9.19. The summed E-state index contributed by atoms with van der Waals surface area (Å²) in [5, 5.41) is 5.26. The van der Waals surface area contributed by atoms with Crippen molar-refractivity contribution in [1.82, 2.24) is 15.3 Å². The van der Waals surface area contributed by atoms with Crippen molar-refractivity contribution in [2.45, 2.75) is 39.3 Å². The Hall–Kier alpha value is -2.97. The Balaban J connectivity index is 1.58. The number of alkyl halides is 2. The van der Waals surface area contributed by atoms with E-state index in [1.54, 1.807) is 6.07 Å². The van der Waals surface area contributed by atoms with Gasteiger partial charge in [0.25, 0.3) is 0 Å². The molecule has 1 saturated heterocycles. The van der Waals surface area contributed by atoms with Gasteiger partial charge in [-0.25, -0.2) is 14.8 Å². The highest BCUT2D eigenvalue weighted by atomic mass is 19.3. The van der Waals surface area contributed by atoms with Crippen molar-refractivity contribution < 1.29 is 18.3 Å². The van der Waals surface area contributed by atoms with E-state index in [2.05, 4.69) is 30.2 Å². The molecule has 0 spiro atoms. The molecule has 0 bridgehead atoms. The van der Waals surface area contributed by atoms with Crippen molar-refractivity contribution in [2.75, 3.05) is 23.3 Å². The van der Waals surface area contributed by atoms with Crippen molar-refractivity contribution in [1.29, 1.82) is 0 Å². The Morgan fingerprint density at radius 1 is 1.21 bits per heavy atom. The molecule has 0 unspecified atom stereocenters. The van der Waals surface area contributed by atoms with E-state index in [-0.39, 0.29) is 12.3 Å². The fraction of sp³-hybridized carbons (Fsp3) is 0.421. The summed E-state index contributed by atoms with van der Waals surface area (Å²) in [4.78, 5) is 23.3. The monoisotopic (exact) mass is 391 g/mol. The minimum Gasteiger partial charge on any atom is -0.435 e. The van der Waals surface area contributed by atoms with E-state index in [4.69, 9.17) is 0 Å². The van der Waals surface area contributed by atoms with Crippen LogP contribution in [0.1, 0.15) is 30.8 Å². The highest BCUT2D eigenvalue weighted by Gasteiger charge is 2.14. The molecule has 1 aromatic heterocycles. The second kappa shape index (κ2) is 9.29. The number of hydrogen-bond donors (Lipinski definition) is 2. The predicted octanol–water partition coefficient (Wildman–Crippen LogP) is 3.70. The molecule has 1 aliphatic rings. The van der Waals surface area contributed by atoms with E-state index < -0.39 is 12.6 Å². The van der Waals surface area contributed by atoms with Gasteiger partial charge in [-0.2, -0.15) is 8.78 Å². The number of aromatic nitrogens is 2. The third kappa shape index (κ3) is 5.77. The molecular formula is C19H23F2N5O2. The summed E-state index contributed by atoms with van der Waals surface area (Å²) in [6.45, 7) is 1.08. The molecule has 150 valence electrons. The Labute approximate surface area is 162 Å². The molecule has 9 heteroatoms. The van der Waals surface area contributed by atoms with Crippen LogP contribution in [0.4, 0.5) is 25.1 Å². The minimum atomic E-state index is -2.92. The SMILES string of the molecule is Cc1cc(N2CCCCC2)nc(CNC(=O)Nc2cccc(OC(F)F)c2)n1. The quantitative estimate of drug-likeness (QED) is 0.785. The van der Waals surface area contributed by atoms with Gasteiger partial charge in [0.2, 0.25) is 0 Å². The summed E-state index contributed by atoms with van der Waals surface area (Å²) in [6.07, 6.45) is 3.53. The lowest BCUT2D eigenvalue weighted by Crippen LogP contribution is -2.32. The molecule has 7 nitrogen and oxygen atoms in total. The molecule has 1 aliphatic heterocycles. The van der Waals surface area contributed by atoms with Gasteiger partial charge in [0.05, 0.1) is 6.54 Å². The molecule has 2 heterocycles. The van der Waals surface area contributed by atoms with E-state index in [9.17, 15) is 13.6 Å². The van der Waals surface area contributed by atoms with Gasteiger partial charge in [-0.15, -0.1) is 0 Å². The Kier molecular flexibility index (Phi) is 6.57. The van der Waals surface area contributed by atoms with Crippen LogP contribution in [-0.2, 0) is 6.54 Å². The normalized spacial score (nSPS) is 14.1. The number of benzene rings is 1. The Morgan fingerprint density at radius 3 is 2.75 bits per heavy atom. The number of halogens is 2. The highest BCUT2D eigenvalue weighted by Crippen LogP contribution is 2.20. The van der Waals surface area contributed by atoms with Crippen LogP contribution in [0.5, 0.6) is 5.75 Å². The summed E-state index contributed by atoms with van der Waals surface area (Å²) in [6, 6.07) is 7.26. The summed E-state index contributed by atoms with van der Waals surface area (Å²) < 4.78 is 28.9. The largest absolute Gasteiger partial charge is 0.435 e. The van der Waals surface area contributed by atoms with Gasteiger partial charge in [-0.1, -0.05) is 6.07 Å². The van der Waals surface area contributed by atoms with Crippen molar-refractivity contribution in [2.24, 2.45) is 0 Å². The van der Waals surface area contributed by atoms with Crippen LogP contribution in [0.15, 0.2) is 30.3 Å². The van der Waals surface area contributed by atoms with E-state index in [0.717, 1.165) is 37.4 Å². The number of aryl methyl sites for hydroxylation is 1. The zero-order valence-corrected chi connectivity index (χ0v) is 15.6. The number of anilines is 2. The molecule has 2 aromatic rings. The van der Waals surface area contributed by atoms with E-state index in [1.807, 2.05) is 13.0 Å². The first-order chi connectivity index (χ1) is 13.5. The maximum Gasteiger partial charge on any atom is 0.387 e. The molecule has 0 radical (unpaired) electrons. The number of amides is 2. The van der Waals surface area contributed by atoms with Crippen LogP contribution in [-0.4, -0.2) is 35.7 Å². The first-order valence-electron chi connectivity index (χ1n) is 9.19. The van der Waals surface area contributed by atoms with Crippen molar-refractivity contribution in [3.8, 4) is 5.75 Å². The van der Waals surface area contributed by atoms with Gasteiger partial charge in [0, 0.05) is 36.6 Å². The van der Waals surface area contributed by atoms with Gasteiger partial charge in [0.1, 0.15) is 17.4 Å². The van der Waals surface area contributed by atoms with Crippen LogP contribution < -0.4 is 20.3 Å². The number of piperidine rings is 1. The average molecular weight is 391 g/mol. The van der Waals surface area contributed by atoms with Crippen molar-refractivity contribution in [3.63, 3.8) is 0 Å². The van der Waals surface area contributed by atoms with Gasteiger partial charge < -0.3 is 20.3 Å². The molecule has 2 N–H and O–H groups in total. The van der Waals surface area contributed by atoms with E-state index in [1.165, 1.54) is 24.6 Å². The molecule has 1 fully saturated rings. The number of nitrogens with zero attached hydrogens (tertiary/aromatic N) is 3. The van der Waals surface area contributed by atoms with Gasteiger partial charge in [0.15, 0.2) is 0 Å². The number of urea groups is 1. The number of nitrogens with one attached hydrogen (secondary N) is 2. The van der Waals surface area contributed by atoms with E-state index in [0.29, 0.717) is 11.5 Å². The van der Waals surface area contributed by atoms with Crippen LogP contribution in [0.2, 0.25) is 0 Å². The number of carbonyl (C=O) groups is 1. The molecular weight excluding hydrogens is 368 g/mol. The minimum absolute atomic E-state index is 0.0269. The lowest BCUT2D eigenvalue weighted by molar-refractivity contribution is -0.0497. The summed E-state index contributed by atoms with van der Waals surface area (Å²) in [5.74, 6) is 1.37. The maximum absolute atomic E-state index is 12.3. The fourth-order valence-electron chi connectivity index (χ4n) is 3.06. The van der Waals surface area contributed by atoms with Gasteiger partial charge >= 0.3 is 12.6 Å². The Morgan fingerprint density at radius 2 is 2.00 bits per heavy atom. The van der Waals surface area contributed by atoms with Crippen LogP contribution in [0, 0.1) is 6.92 Å². The third-order valence-electron chi connectivity index (χ3n) is 4.29. The second-order valence-corrected chi connectivity index (χ2v) is 6.55. The topological polar surface area (TPSA) is 79.4 Å². The zero-order chi connectivity index (χ0) is 19.9. The molecule has 28 heavy (non-hydrogen) atoms. The van der Waals surface area contributed by atoms with Crippen LogP contribution in [0.25, 0.3) is 0 Å². The lowest BCUT2D eigenvalue weighted by atomic mass is 10.1. The third-order valence-corrected chi connectivity index (χ3v) is 4.29. The number of hydrogen-bond acceptors (Lipinski definition) is 5. The standard InChI is InChI=1S/C19H23F2N5O2/c1-13-10-17(26-8-3-2-4-9-26)25-16(23-13)12-22-19(27)24-14-6-5-7-15(11-14)28-18(20)21/h5-7,10-11,18H,2-4,8-9,12H2,1H3,(H2,22,24,27). The molecule has 0 aliphatic carbocycles. The molecule has 0 atom stereocenters. The van der Waals surface area contributed by atoms with Gasteiger partial charge in [-0.05, 0) is 38.3 Å².